The third-order valence-corrected chi connectivity index (χ3v) is 10.4. The second kappa shape index (κ2) is 10.6. The van der Waals surface area contributed by atoms with E-state index in [9.17, 15) is 60.0 Å². The summed E-state index contributed by atoms with van der Waals surface area (Å²) in [5, 5.41) is 90.4. The van der Waals surface area contributed by atoms with Gasteiger partial charge in [-0.2, -0.15) is 0 Å². The lowest BCUT2D eigenvalue weighted by molar-refractivity contribution is -0.249. The molecule has 0 bridgehead atoms. The van der Waals surface area contributed by atoms with Crippen molar-refractivity contribution in [3.05, 3.63) is 35.4 Å². The summed E-state index contributed by atoms with van der Waals surface area (Å²) < 4.78 is 21.1. The number of aliphatic hydroxyl groups is 6. The second-order valence-corrected chi connectivity index (χ2v) is 12.9. The summed E-state index contributed by atoms with van der Waals surface area (Å²) in [4.78, 5) is 54.2. The zero-order chi connectivity index (χ0) is 35.5. The first-order valence-corrected chi connectivity index (χ1v) is 15.0. The summed E-state index contributed by atoms with van der Waals surface area (Å²) in [5.74, 6) is -10.2. The van der Waals surface area contributed by atoms with Gasteiger partial charge in [0.15, 0.2) is 0 Å². The number of phenols is 2. The first-order valence-electron chi connectivity index (χ1n) is 15.0. The molecule has 0 amide bonds. The highest BCUT2D eigenvalue weighted by Crippen LogP contribution is 2.56. The molecular formula is C32H34O16. The largest absolute Gasteiger partial charge is 0.506 e. The van der Waals surface area contributed by atoms with Gasteiger partial charge in [0.1, 0.15) is 46.3 Å². The fraction of sp³-hybridized carbons (Fsp3) is 0.500. The van der Waals surface area contributed by atoms with Crippen molar-refractivity contribution in [3.63, 3.8) is 0 Å². The SMILES string of the molecule is COC(=O)[C@@]12Oc3ccc(-c4ccc5c(c4O)C(=O)[C@@]4(O)[C@@H](O)C[C@H](C)[C@H](O)[C@]4(C(=O)OC)O5)c(O)c3C(=O)[C@@]1(O)[C@@H](O)C[C@H](C)[C@@H]2O. The molecule has 258 valence electrons. The molecule has 2 aromatic rings. The number of Topliss-reactive ketones (excluding diaryl/α,β-unsaturated/α-hetero) is 2. The van der Waals surface area contributed by atoms with Crippen LogP contribution in [-0.4, -0.2) is 125 Å². The number of ether oxygens (including phenoxy) is 4. The van der Waals surface area contributed by atoms with Gasteiger partial charge < -0.3 is 59.8 Å². The van der Waals surface area contributed by atoms with Crippen LogP contribution < -0.4 is 9.47 Å². The van der Waals surface area contributed by atoms with Gasteiger partial charge in [0.2, 0.25) is 22.8 Å². The number of carbonyl (C=O) groups is 4. The van der Waals surface area contributed by atoms with Crippen LogP contribution in [0.25, 0.3) is 11.1 Å². The van der Waals surface area contributed by atoms with Gasteiger partial charge in [0.05, 0.1) is 26.4 Å². The Morgan fingerprint density at radius 3 is 1.33 bits per heavy atom. The third-order valence-electron chi connectivity index (χ3n) is 10.4. The molecule has 0 radical (unpaired) electrons. The van der Waals surface area contributed by atoms with Crippen LogP contribution in [0.3, 0.4) is 0 Å². The Morgan fingerprint density at radius 2 is 1.02 bits per heavy atom. The lowest BCUT2D eigenvalue weighted by atomic mass is 9.60. The van der Waals surface area contributed by atoms with Crippen LogP contribution >= 0.6 is 0 Å². The van der Waals surface area contributed by atoms with E-state index in [2.05, 4.69) is 0 Å². The van der Waals surface area contributed by atoms with Gasteiger partial charge in [-0.15, -0.1) is 0 Å². The van der Waals surface area contributed by atoms with E-state index in [1.54, 1.807) is 0 Å². The number of aromatic hydroxyl groups is 2. The summed E-state index contributed by atoms with van der Waals surface area (Å²) in [6.07, 6.45) is -8.39. The number of aliphatic hydroxyl groups excluding tert-OH is 4. The van der Waals surface area contributed by atoms with Crippen LogP contribution in [0, 0.1) is 11.8 Å². The fourth-order valence-electron chi connectivity index (χ4n) is 7.82. The van der Waals surface area contributed by atoms with E-state index >= 15 is 0 Å². The topological polar surface area (TPSA) is 267 Å². The molecule has 2 heterocycles. The Morgan fingerprint density at radius 1 is 0.688 bits per heavy atom. The average Bonchev–Trinajstić information content (AvgIpc) is 3.05. The molecule has 0 saturated heterocycles. The number of ketones is 2. The minimum absolute atomic E-state index is 0.357. The molecule has 8 N–H and O–H groups in total. The minimum atomic E-state index is -3.16. The van der Waals surface area contributed by atoms with Crippen molar-refractivity contribution in [1.29, 1.82) is 0 Å². The van der Waals surface area contributed by atoms with E-state index in [4.69, 9.17) is 18.9 Å². The van der Waals surface area contributed by atoms with Crippen LogP contribution in [0.1, 0.15) is 47.4 Å². The van der Waals surface area contributed by atoms with Crippen LogP contribution in [0.15, 0.2) is 24.3 Å². The van der Waals surface area contributed by atoms with Crippen molar-refractivity contribution in [2.45, 2.75) is 73.5 Å². The number of rotatable bonds is 3. The second-order valence-electron chi connectivity index (χ2n) is 12.9. The predicted molar refractivity (Wildman–Crippen MR) is 156 cm³/mol. The molecule has 48 heavy (non-hydrogen) atoms. The summed E-state index contributed by atoms with van der Waals surface area (Å²) in [5.41, 5.74) is -14.2. The van der Waals surface area contributed by atoms with Crippen molar-refractivity contribution >= 4 is 23.5 Å². The van der Waals surface area contributed by atoms with E-state index in [1.165, 1.54) is 13.8 Å². The molecule has 2 aliphatic heterocycles. The Labute approximate surface area is 271 Å². The summed E-state index contributed by atoms with van der Waals surface area (Å²) in [7, 11) is 1.84. The third kappa shape index (κ3) is 3.64. The van der Waals surface area contributed by atoms with Crippen LogP contribution in [0.4, 0.5) is 0 Å². The number of hydrogen-bond donors (Lipinski definition) is 8. The first-order chi connectivity index (χ1) is 22.4. The Kier molecular flexibility index (Phi) is 7.41. The standard InChI is InChI=1S/C32H34O16/c1-11-9-17(33)29(43)25(39)19-15(47-31(29,23(11)37)27(41)45-3)7-5-13(21(19)35)14-6-8-16-20(22(14)36)26(40)30(44)18(34)10-12(2)24(38)32(30,48-16)28(42)46-4/h5-8,11-12,17-18,23-24,33-38,43-44H,9-10H2,1-4H3/t11-,12-,17-,18-,23-,24-,29-,30-,31+,32+/m0/s1. The average molecular weight is 675 g/mol. The molecule has 4 aliphatic rings. The fourth-order valence-corrected chi connectivity index (χ4v) is 7.82. The highest BCUT2D eigenvalue weighted by Gasteiger charge is 2.77. The van der Waals surface area contributed by atoms with Gasteiger partial charge in [-0.25, -0.2) is 9.59 Å². The van der Waals surface area contributed by atoms with Gasteiger partial charge in [0.25, 0.3) is 11.2 Å². The van der Waals surface area contributed by atoms with E-state index in [0.717, 1.165) is 38.5 Å². The van der Waals surface area contributed by atoms with Crippen molar-refractivity contribution in [2.24, 2.45) is 11.8 Å². The molecule has 16 nitrogen and oxygen atoms in total. The zero-order valence-corrected chi connectivity index (χ0v) is 26.0. The zero-order valence-electron chi connectivity index (χ0n) is 26.0. The van der Waals surface area contributed by atoms with Gasteiger partial charge >= 0.3 is 11.9 Å². The lowest BCUT2D eigenvalue weighted by Gasteiger charge is -2.55. The Bertz CT molecular complexity index is 1640. The maximum absolute atomic E-state index is 14.0. The van der Waals surface area contributed by atoms with E-state index < -0.39 is 116 Å². The molecule has 0 unspecified atom stereocenters. The molecule has 6 rings (SSSR count). The van der Waals surface area contributed by atoms with Crippen molar-refractivity contribution < 1.29 is 79.0 Å². The molecule has 2 aromatic carbocycles. The molecule has 0 aromatic heterocycles. The number of hydrogen-bond acceptors (Lipinski definition) is 16. The van der Waals surface area contributed by atoms with Gasteiger partial charge in [-0.3, -0.25) is 9.59 Å². The maximum Gasteiger partial charge on any atom is 0.356 e. The van der Waals surface area contributed by atoms with Crippen molar-refractivity contribution in [2.75, 3.05) is 14.2 Å². The number of phenolic OH excluding ortho intramolecular Hbond substituents is 2. The Balaban J connectivity index is 1.53. The molecule has 16 heteroatoms. The lowest BCUT2D eigenvalue weighted by Crippen LogP contribution is -2.81. The summed E-state index contributed by atoms with van der Waals surface area (Å²) in [6.45, 7) is 2.90. The van der Waals surface area contributed by atoms with E-state index in [1.807, 2.05) is 0 Å². The number of benzene rings is 2. The van der Waals surface area contributed by atoms with Gasteiger partial charge in [-0.1, -0.05) is 13.8 Å². The number of fused-ring (bicyclic) bond motifs is 4. The van der Waals surface area contributed by atoms with Crippen LogP contribution in [0.2, 0.25) is 0 Å². The van der Waals surface area contributed by atoms with E-state index in [0.29, 0.717) is 0 Å². The molecule has 10 atom stereocenters. The molecule has 2 saturated carbocycles. The monoisotopic (exact) mass is 674 g/mol. The van der Waals surface area contributed by atoms with Gasteiger partial charge in [-0.05, 0) is 48.9 Å². The quantitative estimate of drug-likeness (QED) is 0.176. The molecular weight excluding hydrogens is 640 g/mol. The highest BCUT2D eigenvalue weighted by atomic mass is 16.6. The number of carbonyl (C=O) groups excluding carboxylic acids is 4. The highest BCUT2D eigenvalue weighted by molar-refractivity contribution is 6.16. The van der Waals surface area contributed by atoms with Crippen molar-refractivity contribution in [1.82, 2.24) is 0 Å². The van der Waals surface area contributed by atoms with E-state index in [-0.39, 0.29) is 24.0 Å². The normalized spacial score (nSPS) is 38.3. The maximum atomic E-state index is 14.0. The smallest absolute Gasteiger partial charge is 0.356 e. The number of methoxy groups -OCH3 is 2. The first kappa shape index (κ1) is 33.6. The molecule has 0 spiro atoms. The van der Waals surface area contributed by atoms with Crippen LogP contribution in [-0.2, 0) is 19.1 Å². The van der Waals surface area contributed by atoms with Crippen LogP contribution in [0.5, 0.6) is 23.0 Å². The van der Waals surface area contributed by atoms with Gasteiger partial charge in [0, 0.05) is 11.1 Å². The Hall–Kier alpha value is -4.32. The van der Waals surface area contributed by atoms with Crippen molar-refractivity contribution in [3.8, 4) is 34.1 Å². The number of esters is 2. The summed E-state index contributed by atoms with van der Waals surface area (Å²) >= 11 is 0. The minimum Gasteiger partial charge on any atom is -0.506 e. The molecule has 2 aliphatic carbocycles. The summed E-state index contributed by atoms with van der Waals surface area (Å²) in [6, 6.07) is 4.35. The predicted octanol–water partition coefficient (Wildman–Crippen LogP) is -1.28. The molecule has 2 fully saturated rings.